The van der Waals surface area contributed by atoms with Crippen molar-refractivity contribution in [3.05, 3.63) is 48.5 Å². The predicted molar refractivity (Wildman–Crippen MR) is 102 cm³/mol. The second-order valence-corrected chi connectivity index (χ2v) is 6.04. The lowest BCUT2D eigenvalue weighted by atomic mass is 10.2. The van der Waals surface area contributed by atoms with Crippen molar-refractivity contribution in [2.24, 2.45) is 0 Å². The summed E-state index contributed by atoms with van der Waals surface area (Å²) in [7, 11) is 0. The molecule has 1 aliphatic heterocycles. The van der Waals surface area contributed by atoms with E-state index in [1.807, 2.05) is 24.3 Å². The summed E-state index contributed by atoms with van der Waals surface area (Å²) in [5, 5.41) is 3.32. The normalized spacial score (nSPS) is 14.1. The smallest absolute Gasteiger partial charge is 0.228 e. The van der Waals surface area contributed by atoms with Crippen molar-refractivity contribution in [2.45, 2.75) is 6.54 Å². The number of anilines is 3. The number of hydrogen-bond donors (Lipinski definition) is 2. The minimum atomic E-state index is 0.231. The molecule has 27 heavy (non-hydrogen) atoms. The minimum absolute atomic E-state index is 0.231. The molecule has 9 heteroatoms. The van der Waals surface area contributed by atoms with Crippen LogP contribution in [0.1, 0.15) is 5.69 Å². The van der Waals surface area contributed by atoms with Crippen molar-refractivity contribution < 1.29 is 4.74 Å². The van der Waals surface area contributed by atoms with Gasteiger partial charge in [0.1, 0.15) is 5.82 Å². The summed E-state index contributed by atoms with van der Waals surface area (Å²) in [6, 6.07) is 7.69. The van der Waals surface area contributed by atoms with Gasteiger partial charge in [-0.1, -0.05) is 6.07 Å². The van der Waals surface area contributed by atoms with Crippen LogP contribution in [0, 0.1) is 0 Å². The first-order chi connectivity index (χ1) is 13.3. The number of nitrogens with one attached hydrogen (secondary N) is 1. The van der Waals surface area contributed by atoms with Crippen LogP contribution in [0.5, 0.6) is 0 Å². The third kappa shape index (κ3) is 4.26. The number of pyridine rings is 1. The second-order valence-electron chi connectivity index (χ2n) is 6.04. The highest BCUT2D eigenvalue weighted by atomic mass is 16.5. The summed E-state index contributed by atoms with van der Waals surface area (Å²) in [5.74, 6) is 1.59. The molecule has 0 saturated carbocycles. The monoisotopic (exact) mass is 364 g/mol. The largest absolute Gasteiger partial charge is 0.378 e. The number of aromatic nitrogens is 5. The third-order valence-corrected chi connectivity index (χ3v) is 4.15. The van der Waals surface area contributed by atoms with Crippen LogP contribution >= 0.6 is 0 Å². The molecule has 1 saturated heterocycles. The fraction of sp³-hybridized carbons (Fsp3) is 0.278. The molecule has 0 bridgehead atoms. The van der Waals surface area contributed by atoms with Crippen molar-refractivity contribution in [1.29, 1.82) is 0 Å². The topological polar surface area (TPSA) is 115 Å². The van der Waals surface area contributed by atoms with Crippen molar-refractivity contribution in [3.8, 4) is 11.3 Å². The first-order valence-corrected chi connectivity index (χ1v) is 8.71. The van der Waals surface area contributed by atoms with E-state index in [-0.39, 0.29) is 5.95 Å². The molecule has 3 aromatic heterocycles. The third-order valence-electron chi connectivity index (χ3n) is 4.15. The number of ether oxygens (including phenoxy) is 1. The highest BCUT2D eigenvalue weighted by molar-refractivity contribution is 5.63. The predicted octanol–water partition coefficient (Wildman–Crippen LogP) is 1.36. The minimum Gasteiger partial charge on any atom is -0.378 e. The summed E-state index contributed by atoms with van der Waals surface area (Å²) in [5.41, 5.74) is 8.04. The molecule has 1 fully saturated rings. The maximum atomic E-state index is 5.60. The van der Waals surface area contributed by atoms with Crippen molar-refractivity contribution in [1.82, 2.24) is 24.9 Å². The van der Waals surface area contributed by atoms with Gasteiger partial charge in [0.25, 0.3) is 0 Å². The molecule has 0 aromatic carbocycles. The molecule has 9 nitrogen and oxygen atoms in total. The zero-order valence-electron chi connectivity index (χ0n) is 14.7. The highest BCUT2D eigenvalue weighted by Gasteiger charge is 2.16. The van der Waals surface area contributed by atoms with Crippen LogP contribution in [0.2, 0.25) is 0 Å². The second kappa shape index (κ2) is 7.92. The average Bonchev–Trinajstić information content (AvgIpc) is 2.74. The standard InChI is InChI=1S/C18H20N8O/c19-17-22-10-13(11-23-17)15-9-16(21-12-14-3-1-2-4-20-14)25-18(24-15)26-5-7-27-8-6-26/h1-4,9-11H,5-8,12H2,(H2,19,22,23)(H,21,24,25). The van der Waals surface area contributed by atoms with E-state index < -0.39 is 0 Å². The molecule has 3 aromatic rings. The lowest BCUT2D eigenvalue weighted by Gasteiger charge is -2.27. The number of rotatable bonds is 5. The quantitative estimate of drug-likeness (QED) is 0.692. The number of morpholine rings is 1. The molecule has 0 atom stereocenters. The van der Waals surface area contributed by atoms with Gasteiger partial charge in [0.05, 0.1) is 31.1 Å². The average molecular weight is 364 g/mol. The van der Waals surface area contributed by atoms with Gasteiger partial charge in [-0.15, -0.1) is 0 Å². The maximum Gasteiger partial charge on any atom is 0.228 e. The molecule has 3 N–H and O–H groups in total. The van der Waals surface area contributed by atoms with E-state index in [1.54, 1.807) is 18.6 Å². The van der Waals surface area contributed by atoms with E-state index in [1.165, 1.54) is 0 Å². The number of nitrogen functional groups attached to an aromatic ring is 1. The molecule has 4 rings (SSSR count). The number of nitrogens with two attached hydrogens (primary N) is 1. The van der Waals surface area contributed by atoms with E-state index >= 15 is 0 Å². The van der Waals surface area contributed by atoms with Gasteiger partial charge in [-0.3, -0.25) is 4.98 Å². The van der Waals surface area contributed by atoms with Crippen molar-refractivity contribution >= 4 is 17.7 Å². The Morgan fingerprint density at radius 1 is 1.07 bits per heavy atom. The highest BCUT2D eigenvalue weighted by Crippen LogP contribution is 2.23. The van der Waals surface area contributed by atoms with Crippen LogP contribution in [-0.4, -0.2) is 51.2 Å². The van der Waals surface area contributed by atoms with E-state index in [2.05, 4.69) is 30.2 Å². The Balaban J connectivity index is 1.64. The van der Waals surface area contributed by atoms with Gasteiger partial charge < -0.3 is 20.7 Å². The Morgan fingerprint density at radius 3 is 2.63 bits per heavy atom. The van der Waals surface area contributed by atoms with Crippen LogP contribution in [0.4, 0.5) is 17.7 Å². The molecule has 0 radical (unpaired) electrons. The van der Waals surface area contributed by atoms with Gasteiger partial charge in [-0.2, -0.15) is 4.98 Å². The van der Waals surface area contributed by atoms with E-state index in [9.17, 15) is 0 Å². The van der Waals surface area contributed by atoms with Crippen LogP contribution in [0.15, 0.2) is 42.9 Å². The number of nitrogens with zero attached hydrogens (tertiary/aromatic N) is 6. The van der Waals surface area contributed by atoms with Gasteiger partial charge >= 0.3 is 0 Å². The molecule has 138 valence electrons. The molecule has 0 aliphatic carbocycles. The first kappa shape index (κ1) is 17.1. The lowest BCUT2D eigenvalue weighted by Crippen LogP contribution is -2.37. The van der Waals surface area contributed by atoms with Gasteiger partial charge in [-0.25, -0.2) is 15.0 Å². The summed E-state index contributed by atoms with van der Waals surface area (Å²) < 4.78 is 5.43. The van der Waals surface area contributed by atoms with Crippen LogP contribution in [-0.2, 0) is 11.3 Å². The van der Waals surface area contributed by atoms with Crippen LogP contribution in [0.25, 0.3) is 11.3 Å². The zero-order chi connectivity index (χ0) is 18.5. The fourth-order valence-electron chi connectivity index (χ4n) is 2.73. The van der Waals surface area contributed by atoms with Crippen LogP contribution in [0.3, 0.4) is 0 Å². The van der Waals surface area contributed by atoms with Gasteiger partial charge in [-0.05, 0) is 12.1 Å². The Morgan fingerprint density at radius 2 is 1.89 bits per heavy atom. The summed E-state index contributed by atoms with van der Waals surface area (Å²) in [6.07, 6.45) is 5.10. The molecule has 0 amide bonds. The maximum absolute atomic E-state index is 5.60. The zero-order valence-corrected chi connectivity index (χ0v) is 14.7. The van der Waals surface area contributed by atoms with Gasteiger partial charge in [0.15, 0.2) is 0 Å². The SMILES string of the molecule is Nc1ncc(-c2cc(NCc3ccccn3)nc(N3CCOCC3)n2)cn1. The van der Waals surface area contributed by atoms with E-state index in [0.717, 1.165) is 30.0 Å². The first-order valence-electron chi connectivity index (χ1n) is 8.71. The molecule has 1 aliphatic rings. The molecule has 4 heterocycles. The van der Waals surface area contributed by atoms with E-state index in [0.29, 0.717) is 31.5 Å². The van der Waals surface area contributed by atoms with Gasteiger partial charge in [0.2, 0.25) is 11.9 Å². The Hall–Kier alpha value is -3.33. The molecule has 0 spiro atoms. The molecular formula is C18H20N8O. The van der Waals surface area contributed by atoms with Gasteiger partial charge in [0, 0.05) is 43.3 Å². The molecule has 0 unspecified atom stereocenters. The van der Waals surface area contributed by atoms with Crippen molar-refractivity contribution in [2.75, 3.05) is 42.3 Å². The number of hydrogen-bond acceptors (Lipinski definition) is 9. The Bertz CT molecular complexity index is 882. The summed E-state index contributed by atoms with van der Waals surface area (Å²) >= 11 is 0. The molecular weight excluding hydrogens is 344 g/mol. The van der Waals surface area contributed by atoms with Crippen molar-refractivity contribution in [3.63, 3.8) is 0 Å². The fourth-order valence-corrected chi connectivity index (χ4v) is 2.73. The summed E-state index contributed by atoms with van der Waals surface area (Å²) in [6.45, 7) is 3.39. The lowest BCUT2D eigenvalue weighted by molar-refractivity contribution is 0.122. The van der Waals surface area contributed by atoms with Crippen LogP contribution < -0.4 is 16.0 Å². The summed E-state index contributed by atoms with van der Waals surface area (Å²) in [4.78, 5) is 23.9. The van der Waals surface area contributed by atoms with E-state index in [4.69, 9.17) is 15.5 Å². The Labute approximate surface area is 156 Å². The Kier molecular flexibility index (Phi) is 5.01.